The van der Waals surface area contributed by atoms with Crippen LogP contribution in [0.2, 0.25) is 0 Å². The van der Waals surface area contributed by atoms with Crippen molar-refractivity contribution in [2.45, 2.75) is 424 Å². The zero-order valence-corrected chi connectivity index (χ0v) is 55.5. The number of aliphatic hydroxyl groups is 2. The Morgan fingerprint density at radius 2 is 0.573 bits per heavy atom. The monoisotopic (exact) mass is 1150 g/mol. The quantitative estimate of drug-likeness (QED) is 0.0320. The van der Waals surface area contributed by atoms with Crippen LogP contribution in [0.3, 0.4) is 0 Å². The Hall–Kier alpha value is -1.92. The smallest absolute Gasteiger partial charge is 0.305 e. The van der Waals surface area contributed by atoms with Crippen LogP contribution in [0.15, 0.2) is 36.5 Å². The van der Waals surface area contributed by atoms with Gasteiger partial charge in [-0.15, -0.1) is 0 Å². The lowest BCUT2D eigenvalue weighted by atomic mass is 10.0. The fourth-order valence-electron chi connectivity index (χ4n) is 11.7. The zero-order valence-electron chi connectivity index (χ0n) is 55.5. The predicted molar refractivity (Wildman–Crippen MR) is 361 cm³/mol. The fourth-order valence-corrected chi connectivity index (χ4v) is 11.7. The van der Waals surface area contributed by atoms with Crippen molar-refractivity contribution >= 4 is 11.9 Å². The van der Waals surface area contributed by atoms with Gasteiger partial charge in [0, 0.05) is 12.8 Å². The van der Waals surface area contributed by atoms with Gasteiger partial charge < -0.3 is 20.3 Å². The van der Waals surface area contributed by atoms with E-state index in [9.17, 15) is 19.8 Å². The van der Waals surface area contributed by atoms with Gasteiger partial charge in [0.2, 0.25) is 5.91 Å². The van der Waals surface area contributed by atoms with Gasteiger partial charge >= 0.3 is 5.97 Å². The average molecular weight is 1150 g/mol. The SMILES string of the molecule is CCCCCCC/C=C\CCCCCCCC(=O)OCCCCCCCCCCCCCCCCCCCC/C=C\CCCCCCCCCCCCCCCCCCCC(=O)NC(CO)C(O)/C=C/CCCCCCCCCCCC. The number of amides is 1. The van der Waals surface area contributed by atoms with Crippen molar-refractivity contribution in [2.75, 3.05) is 13.2 Å². The van der Waals surface area contributed by atoms with Crippen molar-refractivity contribution in [3.63, 3.8) is 0 Å². The molecule has 1 amide bonds. The largest absolute Gasteiger partial charge is 0.466 e. The molecule has 0 aromatic carbocycles. The van der Waals surface area contributed by atoms with Crippen LogP contribution in [-0.4, -0.2) is 47.4 Å². The van der Waals surface area contributed by atoms with E-state index in [2.05, 4.69) is 43.5 Å². The van der Waals surface area contributed by atoms with E-state index in [-0.39, 0.29) is 18.5 Å². The van der Waals surface area contributed by atoms with E-state index in [1.54, 1.807) is 6.08 Å². The molecule has 0 heterocycles. The molecule has 0 aliphatic rings. The number of ether oxygens (including phenoxy) is 1. The third kappa shape index (κ3) is 67.2. The van der Waals surface area contributed by atoms with Crippen LogP contribution in [-0.2, 0) is 14.3 Å². The molecule has 0 aliphatic heterocycles. The summed E-state index contributed by atoms with van der Waals surface area (Å²) in [6.07, 6.45) is 92.7. The Balaban J connectivity index is 3.32. The van der Waals surface area contributed by atoms with Gasteiger partial charge in [0.25, 0.3) is 0 Å². The van der Waals surface area contributed by atoms with Crippen molar-refractivity contribution < 1.29 is 24.5 Å². The van der Waals surface area contributed by atoms with Crippen molar-refractivity contribution in [1.82, 2.24) is 5.32 Å². The summed E-state index contributed by atoms with van der Waals surface area (Å²) in [4.78, 5) is 24.5. The van der Waals surface area contributed by atoms with Crippen molar-refractivity contribution in [2.24, 2.45) is 0 Å². The van der Waals surface area contributed by atoms with E-state index in [0.29, 0.717) is 19.4 Å². The molecule has 0 aromatic heterocycles. The highest BCUT2D eigenvalue weighted by Crippen LogP contribution is 2.19. The molecule has 484 valence electrons. The maximum absolute atomic E-state index is 12.5. The van der Waals surface area contributed by atoms with Gasteiger partial charge in [0.05, 0.1) is 25.4 Å². The summed E-state index contributed by atoms with van der Waals surface area (Å²) in [6, 6.07) is -0.623. The maximum Gasteiger partial charge on any atom is 0.305 e. The lowest BCUT2D eigenvalue weighted by molar-refractivity contribution is -0.143. The van der Waals surface area contributed by atoms with Gasteiger partial charge in [0.15, 0.2) is 0 Å². The number of unbranched alkanes of at least 4 members (excludes halogenated alkanes) is 55. The van der Waals surface area contributed by atoms with Crippen LogP contribution in [0, 0.1) is 0 Å². The van der Waals surface area contributed by atoms with E-state index in [1.165, 1.54) is 340 Å². The predicted octanol–water partition coefficient (Wildman–Crippen LogP) is 24.3. The molecule has 6 heteroatoms. The van der Waals surface area contributed by atoms with E-state index in [4.69, 9.17) is 4.74 Å². The second-order valence-electron chi connectivity index (χ2n) is 25.6. The number of hydrogen-bond acceptors (Lipinski definition) is 5. The topological polar surface area (TPSA) is 95.9 Å². The third-order valence-electron chi connectivity index (χ3n) is 17.4. The van der Waals surface area contributed by atoms with E-state index < -0.39 is 12.1 Å². The highest BCUT2D eigenvalue weighted by Gasteiger charge is 2.18. The Morgan fingerprint density at radius 3 is 0.866 bits per heavy atom. The molecule has 3 N–H and O–H groups in total. The van der Waals surface area contributed by atoms with Crippen molar-refractivity contribution in [3.8, 4) is 0 Å². The molecule has 0 spiro atoms. The molecule has 0 aliphatic carbocycles. The summed E-state index contributed by atoms with van der Waals surface area (Å²) in [5.74, 6) is -0.0486. The van der Waals surface area contributed by atoms with Crippen LogP contribution in [0.1, 0.15) is 412 Å². The van der Waals surface area contributed by atoms with Crippen LogP contribution >= 0.6 is 0 Å². The number of aliphatic hydroxyl groups excluding tert-OH is 2. The minimum absolute atomic E-state index is 0.0141. The number of rotatable bonds is 70. The molecule has 2 atom stereocenters. The van der Waals surface area contributed by atoms with Gasteiger partial charge in [0.1, 0.15) is 0 Å². The first kappa shape index (κ1) is 80.1. The Morgan fingerprint density at radius 1 is 0.329 bits per heavy atom. The normalized spacial score (nSPS) is 12.7. The van der Waals surface area contributed by atoms with Crippen LogP contribution in [0.4, 0.5) is 0 Å². The molecule has 0 rings (SSSR count). The summed E-state index contributed by atoms with van der Waals surface area (Å²) in [5.41, 5.74) is 0. The molecular formula is C76H145NO5. The van der Waals surface area contributed by atoms with E-state index in [0.717, 1.165) is 44.9 Å². The van der Waals surface area contributed by atoms with Crippen LogP contribution < -0.4 is 5.32 Å². The minimum atomic E-state index is -0.840. The third-order valence-corrected chi connectivity index (χ3v) is 17.4. The van der Waals surface area contributed by atoms with Crippen molar-refractivity contribution in [1.29, 1.82) is 0 Å². The van der Waals surface area contributed by atoms with Gasteiger partial charge in [-0.1, -0.05) is 352 Å². The first-order chi connectivity index (χ1) is 40.5. The van der Waals surface area contributed by atoms with Crippen LogP contribution in [0.5, 0.6) is 0 Å². The summed E-state index contributed by atoms with van der Waals surface area (Å²) < 4.78 is 5.49. The number of esters is 1. The Kier molecular flexibility index (Phi) is 69.9. The second kappa shape index (κ2) is 71.6. The summed E-state index contributed by atoms with van der Waals surface area (Å²) in [6.45, 7) is 4.91. The van der Waals surface area contributed by atoms with Crippen LogP contribution in [0.25, 0.3) is 0 Å². The number of hydrogen-bond donors (Lipinski definition) is 3. The highest BCUT2D eigenvalue weighted by atomic mass is 16.5. The fraction of sp³-hybridized carbons (Fsp3) is 0.895. The molecule has 82 heavy (non-hydrogen) atoms. The Labute approximate surface area is 513 Å². The molecule has 0 radical (unpaired) electrons. The second-order valence-corrected chi connectivity index (χ2v) is 25.6. The Bertz CT molecular complexity index is 1330. The van der Waals surface area contributed by atoms with Gasteiger partial charge in [-0.2, -0.15) is 0 Å². The van der Waals surface area contributed by atoms with Gasteiger partial charge in [-0.3, -0.25) is 9.59 Å². The lowest BCUT2D eigenvalue weighted by Gasteiger charge is -2.20. The first-order valence-corrected chi connectivity index (χ1v) is 37.3. The molecule has 0 bridgehead atoms. The minimum Gasteiger partial charge on any atom is -0.466 e. The zero-order chi connectivity index (χ0) is 59.2. The molecule has 2 unspecified atom stereocenters. The number of allylic oxidation sites excluding steroid dienone is 5. The molecule has 0 saturated carbocycles. The standard InChI is InChI=1S/C76H145NO5/c1-3-5-7-9-11-13-15-17-46-50-54-58-62-66-70-76(81)82-71-67-63-59-55-51-47-44-42-40-38-36-34-32-30-28-26-24-22-20-18-19-21-23-25-27-29-31-33-35-37-39-41-43-45-49-53-57-61-65-69-75(80)77-73(72-78)74(79)68-64-60-56-52-48-16-14-12-10-8-6-4-2/h15,17-19,64,68,73-74,78-79H,3-14,16,20-63,65-67,69-72H2,1-2H3,(H,77,80)/b17-15-,19-18-,68-64+. The molecule has 0 fully saturated rings. The summed E-state index contributed by atoms with van der Waals surface area (Å²) in [7, 11) is 0. The van der Waals surface area contributed by atoms with E-state index >= 15 is 0 Å². The molecule has 0 aromatic rings. The van der Waals surface area contributed by atoms with E-state index in [1.807, 2.05) is 6.08 Å². The lowest BCUT2D eigenvalue weighted by Crippen LogP contribution is -2.45. The summed E-state index contributed by atoms with van der Waals surface area (Å²) >= 11 is 0. The average Bonchev–Trinajstić information content (AvgIpc) is 3.48. The molecule has 6 nitrogen and oxygen atoms in total. The number of carbonyl (C=O) groups is 2. The maximum atomic E-state index is 12.5. The van der Waals surface area contributed by atoms with Gasteiger partial charge in [-0.25, -0.2) is 0 Å². The molecule has 0 saturated heterocycles. The van der Waals surface area contributed by atoms with Crippen molar-refractivity contribution in [3.05, 3.63) is 36.5 Å². The van der Waals surface area contributed by atoms with Gasteiger partial charge in [-0.05, 0) is 83.5 Å². The number of carbonyl (C=O) groups excluding carboxylic acids is 2. The first-order valence-electron chi connectivity index (χ1n) is 37.3. The number of nitrogens with one attached hydrogen (secondary N) is 1. The molecular weight excluding hydrogens is 1010 g/mol. The highest BCUT2D eigenvalue weighted by molar-refractivity contribution is 5.76. The summed E-state index contributed by atoms with van der Waals surface area (Å²) in [5, 5.41) is 23.1.